The van der Waals surface area contributed by atoms with Crippen LogP contribution in [-0.2, 0) is 11.9 Å². The molecule has 2 rings (SSSR count). The van der Waals surface area contributed by atoms with Gasteiger partial charge in [0.2, 0.25) is 0 Å². The van der Waals surface area contributed by atoms with Crippen LogP contribution in [-0.4, -0.2) is 25.0 Å². The SMILES string of the molecule is [2H]C([2H])([2H])c1cnc(CBr)nc1.[2H]C([2H])([2H])c1cnc(CO)nc1. The summed E-state index contributed by atoms with van der Waals surface area (Å²) in [5.74, 6) is 0.811. The van der Waals surface area contributed by atoms with Crippen molar-refractivity contribution >= 4 is 15.9 Å². The third-order valence-electron chi connectivity index (χ3n) is 1.67. The number of rotatable bonds is 2. The van der Waals surface area contributed by atoms with Crippen molar-refractivity contribution in [1.29, 1.82) is 0 Å². The molecule has 0 spiro atoms. The molecule has 0 aliphatic heterocycles. The van der Waals surface area contributed by atoms with E-state index in [1.165, 1.54) is 24.8 Å². The summed E-state index contributed by atoms with van der Waals surface area (Å²) >= 11 is 3.17. The van der Waals surface area contributed by atoms with Gasteiger partial charge in [0.1, 0.15) is 12.4 Å². The maximum absolute atomic E-state index is 8.57. The molecule has 0 fully saturated rings. The molecule has 0 saturated heterocycles. The lowest BCUT2D eigenvalue weighted by atomic mass is 10.4. The van der Waals surface area contributed by atoms with E-state index in [2.05, 4.69) is 35.9 Å². The fourth-order valence-corrected chi connectivity index (χ4v) is 1.15. The fraction of sp³-hybridized carbons (Fsp3) is 0.333. The van der Waals surface area contributed by atoms with Crippen molar-refractivity contribution in [3.63, 3.8) is 0 Å². The molecule has 5 nitrogen and oxygen atoms in total. The Morgan fingerprint density at radius 2 is 1.44 bits per heavy atom. The maximum Gasteiger partial charge on any atom is 0.153 e. The first-order chi connectivity index (χ1) is 11.1. The van der Waals surface area contributed by atoms with Gasteiger partial charge in [-0.05, 0) is 24.8 Å². The second kappa shape index (κ2) is 7.84. The summed E-state index contributed by atoms with van der Waals surface area (Å²) in [6, 6.07) is 0. The number of nitrogens with zero attached hydrogens (tertiary/aromatic N) is 4. The van der Waals surface area contributed by atoms with E-state index in [4.69, 9.17) is 13.3 Å². The number of aromatic nitrogens is 4. The molecule has 0 aliphatic carbocycles. The zero-order valence-electron chi connectivity index (χ0n) is 15.3. The highest BCUT2D eigenvalue weighted by molar-refractivity contribution is 9.08. The highest BCUT2D eigenvalue weighted by Gasteiger charge is 1.89. The standard InChI is InChI=1S/C6H7BrN2.C6H8N2O/c1-5-3-8-6(2-7)9-4-5;1-5-2-7-6(4-9)8-3-5/h3-4H,2H2,1H3;2-3,9H,4H2,1H3/i2*1D3. The van der Waals surface area contributed by atoms with Crippen LogP contribution in [0.15, 0.2) is 24.8 Å². The number of halogens is 1. The normalized spacial score (nSPS) is 15.9. The van der Waals surface area contributed by atoms with Crippen LogP contribution in [0.25, 0.3) is 0 Å². The number of alkyl halides is 1. The minimum atomic E-state index is -2.17. The zero-order chi connectivity index (χ0) is 18.4. The Labute approximate surface area is 123 Å². The average Bonchev–Trinajstić information content (AvgIpc) is 2.54. The van der Waals surface area contributed by atoms with E-state index in [-0.39, 0.29) is 23.6 Å². The molecule has 0 aromatic carbocycles. The number of aliphatic hydroxyl groups is 1. The predicted octanol–water partition coefficient (Wildman–Crippen LogP) is 1.96. The second-order valence-corrected chi connectivity index (χ2v) is 3.63. The quantitative estimate of drug-likeness (QED) is 0.857. The van der Waals surface area contributed by atoms with E-state index in [9.17, 15) is 0 Å². The molecular formula is C12H15BrN4O. The summed E-state index contributed by atoms with van der Waals surface area (Å²) in [5, 5.41) is 9.10. The van der Waals surface area contributed by atoms with Gasteiger partial charge < -0.3 is 5.11 Å². The second-order valence-electron chi connectivity index (χ2n) is 3.07. The molecule has 2 aromatic rings. The van der Waals surface area contributed by atoms with Crippen molar-refractivity contribution in [1.82, 2.24) is 19.9 Å². The molecule has 2 aromatic heterocycles. The van der Waals surface area contributed by atoms with Crippen molar-refractivity contribution in [3.8, 4) is 0 Å². The first-order valence-electron chi connectivity index (χ1n) is 7.87. The number of aliphatic hydroxyl groups excluding tert-OH is 1. The number of hydrogen-bond donors (Lipinski definition) is 1. The van der Waals surface area contributed by atoms with Gasteiger partial charge in [0.15, 0.2) is 5.82 Å². The van der Waals surface area contributed by atoms with Crippen LogP contribution in [0, 0.1) is 13.7 Å². The van der Waals surface area contributed by atoms with Crippen LogP contribution < -0.4 is 0 Å². The van der Waals surface area contributed by atoms with Crippen molar-refractivity contribution in [2.24, 2.45) is 0 Å². The molecule has 2 heterocycles. The third-order valence-corrected chi connectivity index (χ3v) is 2.17. The Hall–Kier alpha value is -1.40. The highest BCUT2D eigenvalue weighted by Crippen LogP contribution is 1.97. The molecule has 0 atom stereocenters. The van der Waals surface area contributed by atoms with Crippen LogP contribution in [0.5, 0.6) is 0 Å². The molecule has 0 saturated carbocycles. The predicted molar refractivity (Wildman–Crippen MR) is 72.1 cm³/mol. The van der Waals surface area contributed by atoms with Crippen molar-refractivity contribution < 1.29 is 13.3 Å². The Kier molecular flexibility index (Phi) is 3.44. The lowest BCUT2D eigenvalue weighted by molar-refractivity contribution is 0.271. The van der Waals surface area contributed by atoms with Crippen LogP contribution in [0.3, 0.4) is 0 Å². The smallest absolute Gasteiger partial charge is 0.153 e. The van der Waals surface area contributed by atoms with Gasteiger partial charge in [-0.3, -0.25) is 0 Å². The first kappa shape index (κ1) is 7.91. The van der Waals surface area contributed by atoms with Crippen molar-refractivity contribution in [2.75, 3.05) is 0 Å². The number of hydrogen-bond acceptors (Lipinski definition) is 5. The van der Waals surface area contributed by atoms with Crippen LogP contribution in [0.2, 0.25) is 0 Å². The van der Waals surface area contributed by atoms with E-state index in [1.54, 1.807) is 0 Å². The first-order valence-corrected chi connectivity index (χ1v) is 5.99. The van der Waals surface area contributed by atoms with E-state index >= 15 is 0 Å². The maximum atomic E-state index is 8.57. The van der Waals surface area contributed by atoms with Gasteiger partial charge in [-0.15, -0.1) is 0 Å². The van der Waals surface area contributed by atoms with E-state index in [1.807, 2.05) is 0 Å². The van der Waals surface area contributed by atoms with E-state index in [0.29, 0.717) is 11.2 Å². The minimum absolute atomic E-state index is 0.0831. The van der Waals surface area contributed by atoms with Gasteiger partial charge >= 0.3 is 0 Å². The summed E-state index contributed by atoms with van der Waals surface area (Å²) < 4.78 is 42.1. The minimum Gasteiger partial charge on any atom is -0.388 e. The lowest BCUT2D eigenvalue weighted by Crippen LogP contribution is -1.92. The topological polar surface area (TPSA) is 71.8 Å². The van der Waals surface area contributed by atoms with Gasteiger partial charge in [0.05, 0.1) is 5.33 Å². The van der Waals surface area contributed by atoms with E-state index < -0.39 is 13.7 Å². The Morgan fingerprint density at radius 3 is 1.78 bits per heavy atom. The van der Waals surface area contributed by atoms with E-state index in [0.717, 1.165) is 0 Å². The molecule has 0 unspecified atom stereocenters. The van der Waals surface area contributed by atoms with Gasteiger partial charge in [-0.2, -0.15) is 0 Å². The molecular weight excluding hydrogens is 296 g/mol. The molecule has 1 N–H and O–H groups in total. The monoisotopic (exact) mass is 316 g/mol. The molecule has 0 aliphatic rings. The summed E-state index contributed by atoms with van der Waals surface area (Å²) in [5.41, 5.74) is 0.256. The fourth-order valence-electron chi connectivity index (χ4n) is 0.860. The lowest BCUT2D eigenvalue weighted by Gasteiger charge is -1.92. The van der Waals surface area contributed by atoms with Crippen LogP contribution >= 0.6 is 15.9 Å². The molecule has 96 valence electrons. The number of aryl methyl sites for hydroxylation is 2. The van der Waals surface area contributed by atoms with Gasteiger partial charge in [0.25, 0.3) is 0 Å². The molecule has 0 radical (unpaired) electrons. The summed E-state index contributed by atoms with van der Waals surface area (Å²) in [4.78, 5) is 15.0. The Bertz CT molecular complexity index is 572. The van der Waals surface area contributed by atoms with Gasteiger partial charge in [-0.1, -0.05) is 15.9 Å². The van der Waals surface area contributed by atoms with Crippen LogP contribution in [0.1, 0.15) is 31.0 Å². The Balaban J connectivity index is 0.000000240. The molecule has 0 bridgehead atoms. The largest absolute Gasteiger partial charge is 0.388 e. The molecule has 18 heavy (non-hydrogen) atoms. The van der Waals surface area contributed by atoms with Gasteiger partial charge in [0, 0.05) is 33.0 Å². The molecule has 6 heteroatoms. The zero-order valence-corrected chi connectivity index (χ0v) is 10.9. The third kappa shape index (κ3) is 5.29. The highest BCUT2D eigenvalue weighted by atomic mass is 79.9. The average molecular weight is 317 g/mol. The summed E-state index contributed by atoms with van der Waals surface area (Å²) in [6.07, 6.45) is 5.06. The van der Waals surface area contributed by atoms with Crippen molar-refractivity contribution in [2.45, 2.75) is 25.6 Å². The van der Waals surface area contributed by atoms with Crippen LogP contribution in [0.4, 0.5) is 0 Å². The summed E-state index contributed by atoms with van der Waals surface area (Å²) in [7, 11) is 0. The Morgan fingerprint density at radius 1 is 1.00 bits per heavy atom. The molecule has 0 amide bonds. The summed E-state index contributed by atoms with van der Waals surface area (Å²) in [6.45, 7) is -4.56. The van der Waals surface area contributed by atoms with Gasteiger partial charge in [-0.25, -0.2) is 19.9 Å². The van der Waals surface area contributed by atoms with Crippen molar-refractivity contribution in [3.05, 3.63) is 47.6 Å².